The van der Waals surface area contributed by atoms with Crippen LogP contribution in [0.5, 0.6) is 0 Å². The number of rotatable bonds is 9. The molecule has 5 nitrogen and oxygen atoms in total. The van der Waals surface area contributed by atoms with Crippen molar-refractivity contribution in [3.8, 4) is 0 Å². The van der Waals surface area contributed by atoms with Crippen LogP contribution in [-0.2, 0) is 14.8 Å². The highest BCUT2D eigenvalue weighted by atomic mass is 35.5. The van der Waals surface area contributed by atoms with Crippen LogP contribution in [0.2, 0.25) is 5.02 Å². The van der Waals surface area contributed by atoms with Crippen LogP contribution in [0.4, 0.5) is 5.69 Å². The van der Waals surface area contributed by atoms with Crippen molar-refractivity contribution in [1.82, 2.24) is 4.31 Å². The van der Waals surface area contributed by atoms with Crippen molar-refractivity contribution in [2.24, 2.45) is 0 Å². The van der Waals surface area contributed by atoms with E-state index in [1.807, 2.05) is 13.0 Å². The Morgan fingerprint density at radius 1 is 1.26 bits per heavy atom. The second-order valence-corrected chi connectivity index (χ2v) is 8.05. The summed E-state index contributed by atoms with van der Waals surface area (Å²) >= 11 is 5.92. The van der Waals surface area contributed by atoms with Crippen molar-refractivity contribution in [3.05, 3.63) is 28.8 Å². The van der Waals surface area contributed by atoms with Gasteiger partial charge >= 0.3 is 0 Å². The number of sulfonamides is 1. The van der Waals surface area contributed by atoms with Crippen LogP contribution in [0.25, 0.3) is 0 Å². The Kier molecular flexibility index (Phi) is 8.02. The maximum Gasteiger partial charge on any atom is 0.225 e. The number of amides is 1. The molecule has 0 aliphatic carbocycles. The molecule has 1 aromatic rings. The van der Waals surface area contributed by atoms with Gasteiger partial charge in [0.15, 0.2) is 0 Å². The van der Waals surface area contributed by atoms with Gasteiger partial charge in [-0.3, -0.25) is 4.79 Å². The largest absolute Gasteiger partial charge is 0.326 e. The van der Waals surface area contributed by atoms with Gasteiger partial charge in [0.2, 0.25) is 15.9 Å². The van der Waals surface area contributed by atoms with Crippen LogP contribution in [0.1, 0.15) is 38.2 Å². The highest BCUT2D eigenvalue weighted by Crippen LogP contribution is 2.20. The monoisotopic (exact) mass is 360 g/mol. The van der Waals surface area contributed by atoms with Gasteiger partial charge in [-0.2, -0.15) is 0 Å². The number of carbonyl (C=O) groups excluding carboxylic acids is 1. The molecule has 0 saturated heterocycles. The normalized spacial score (nSPS) is 11.7. The third-order valence-corrected chi connectivity index (χ3v) is 5.08. The fourth-order valence-electron chi connectivity index (χ4n) is 2.15. The van der Waals surface area contributed by atoms with Crippen LogP contribution in [-0.4, -0.2) is 38.0 Å². The number of carbonyl (C=O) groups is 1. The minimum Gasteiger partial charge on any atom is -0.326 e. The van der Waals surface area contributed by atoms with Crippen LogP contribution in [0, 0.1) is 6.92 Å². The minimum absolute atomic E-state index is 0.116. The predicted molar refractivity (Wildman–Crippen MR) is 95.4 cm³/mol. The van der Waals surface area contributed by atoms with Crippen LogP contribution in [0.15, 0.2) is 18.2 Å². The maximum absolute atomic E-state index is 12.1. The molecule has 1 aromatic carbocycles. The van der Waals surface area contributed by atoms with Crippen molar-refractivity contribution >= 4 is 33.2 Å². The zero-order chi connectivity index (χ0) is 17.5. The minimum atomic E-state index is -3.30. The molecule has 0 unspecified atom stereocenters. The number of halogens is 1. The van der Waals surface area contributed by atoms with E-state index in [1.54, 1.807) is 12.1 Å². The van der Waals surface area contributed by atoms with Crippen LogP contribution in [0.3, 0.4) is 0 Å². The van der Waals surface area contributed by atoms with Gasteiger partial charge < -0.3 is 5.32 Å². The molecule has 0 aromatic heterocycles. The molecule has 0 radical (unpaired) electrons. The SMILES string of the molecule is CCCCCN(CCC(=O)Nc1cc(Cl)ccc1C)S(C)(=O)=O. The lowest BCUT2D eigenvalue weighted by Crippen LogP contribution is -2.33. The number of nitrogens with zero attached hydrogens (tertiary/aromatic N) is 1. The van der Waals surface area contributed by atoms with Crippen molar-refractivity contribution < 1.29 is 13.2 Å². The second-order valence-electron chi connectivity index (χ2n) is 5.63. The Balaban J connectivity index is 2.59. The molecule has 7 heteroatoms. The predicted octanol–water partition coefficient (Wildman–Crippen LogP) is 3.43. The quantitative estimate of drug-likeness (QED) is 0.686. The average molecular weight is 361 g/mol. The average Bonchev–Trinajstić information content (AvgIpc) is 2.45. The molecule has 0 aliphatic heterocycles. The Bertz CT molecular complexity index is 632. The van der Waals surface area contributed by atoms with Gasteiger partial charge in [-0.05, 0) is 31.0 Å². The first-order valence-corrected chi connectivity index (χ1v) is 9.97. The zero-order valence-corrected chi connectivity index (χ0v) is 15.5. The summed E-state index contributed by atoms with van der Waals surface area (Å²) in [5, 5.41) is 3.32. The molecular formula is C16H25ClN2O3S. The first-order valence-electron chi connectivity index (χ1n) is 7.75. The van der Waals surface area contributed by atoms with Crippen LogP contribution < -0.4 is 5.32 Å². The number of aryl methyl sites for hydroxylation is 1. The number of unbranched alkanes of at least 4 members (excludes halogenated alkanes) is 2. The second kappa shape index (κ2) is 9.25. The standard InChI is InChI=1S/C16H25ClN2O3S/c1-4-5-6-10-19(23(3,21)22)11-9-16(20)18-15-12-14(17)8-7-13(15)2/h7-8,12H,4-6,9-11H2,1-3H3,(H,18,20). The summed E-state index contributed by atoms with van der Waals surface area (Å²) < 4.78 is 24.9. The van der Waals surface area contributed by atoms with Crippen molar-refractivity contribution in [2.45, 2.75) is 39.5 Å². The number of anilines is 1. The molecule has 1 rings (SSSR count). The van der Waals surface area contributed by atoms with Gasteiger partial charge in [-0.1, -0.05) is 37.4 Å². The third-order valence-electron chi connectivity index (χ3n) is 3.54. The summed E-state index contributed by atoms with van der Waals surface area (Å²) in [5.74, 6) is -0.223. The van der Waals surface area contributed by atoms with Gasteiger partial charge in [0.05, 0.1) is 6.26 Å². The lowest BCUT2D eigenvalue weighted by atomic mass is 10.2. The molecule has 0 bridgehead atoms. The van der Waals surface area contributed by atoms with E-state index in [2.05, 4.69) is 12.2 Å². The van der Waals surface area contributed by atoms with E-state index >= 15 is 0 Å². The summed E-state index contributed by atoms with van der Waals surface area (Å²) in [6.45, 7) is 4.58. The molecular weight excluding hydrogens is 336 g/mol. The van der Waals surface area contributed by atoms with Crippen molar-refractivity contribution in [3.63, 3.8) is 0 Å². The van der Waals surface area contributed by atoms with Crippen molar-refractivity contribution in [1.29, 1.82) is 0 Å². The van der Waals surface area contributed by atoms with E-state index in [0.29, 0.717) is 17.3 Å². The van der Waals surface area contributed by atoms with E-state index in [0.717, 1.165) is 24.8 Å². The molecule has 0 fully saturated rings. The maximum atomic E-state index is 12.1. The lowest BCUT2D eigenvalue weighted by molar-refractivity contribution is -0.116. The highest BCUT2D eigenvalue weighted by Gasteiger charge is 2.17. The van der Waals surface area contributed by atoms with Gasteiger partial charge in [-0.15, -0.1) is 0 Å². The number of benzene rings is 1. The molecule has 1 amide bonds. The summed E-state index contributed by atoms with van der Waals surface area (Å²) in [5.41, 5.74) is 1.56. The molecule has 0 atom stereocenters. The Hall–Kier alpha value is -1.11. The summed E-state index contributed by atoms with van der Waals surface area (Å²) in [7, 11) is -3.30. The molecule has 0 spiro atoms. The van der Waals surface area contributed by atoms with Crippen LogP contribution >= 0.6 is 11.6 Å². The zero-order valence-electron chi connectivity index (χ0n) is 13.9. The highest BCUT2D eigenvalue weighted by molar-refractivity contribution is 7.88. The smallest absolute Gasteiger partial charge is 0.225 e. The summed E-state index contributed by atoms with van der Waals surface area (Å²) in [4.78, 5) is 12.1. The van der Waals surface area contributed by atoms with E-state index in [9.17, 15) is 13.2 Å². The fraction of sp³-hybridized carbons (Fsp3) is 0.562. The molecule has 0 aliphatic rings. The van der Waals surface area contributed by atoms with E-state index in [-0.39, 0.29) is 18.9 Å². The van der Waals surface area contributed by atoms with E-state index < -0.39 is 10.0 Å². The molecule has 1 N–H and O–H groups in total. The van der Waals surface area contributed by atoms with Crippen molar-refractivity contribution in [2.75, 3.05) is 24.7 Å². The Labute approximate surface area is 144 Å². The first-order chi connectivity index (χ1) is 10.7. The number of hydrogen-bond donors (Lipinski definition) is 1. The molecule has 0 saturated carbocycles. The molecule has 23 heavy (non-hydrogen) atoms. The van der Waals surface area contributed by atoms with Gasteiger partial charge in [0.25, 0.3) is 0 Å². The van der Waals surface area contributed by atoms with E-state index in [1.165, 1.54) is 10.6 Å². The Morgan fingerprint density at radius 2 is 1.96 bits per heavy atom. The summed E-state index contributed by atoms with van der Waals surface area (Å²) in [6, 6.07) is 5.27. The molecule has 130 valence electrons. The third kappa shape index (κ3) is 7.33. The Morgan fingerprint density at radius 3 is 2.57 bits per heavy atom. The van der Waals surface area contributed by atoms with E-state index in [4.69, 9.17) is 11.6 Å². The summed E-state index contributed by atoms with van der Waals surface area (Å²) in [6.07, 6.45) is 4.09. The van der Waals surface area contributed by atoms with Gasteiger partial charge in [0, 0.05) is 30.2 Å². The lowest BCUT2D eigenvalue weighted by Gasteiger charge is -2.19. The number of nitrogens with one attached hydrogen (secondary N) is 1. The topological polar surface area (TPSA) is 66.5 Å². The first kappa shape index (κ1) is 19.9. The van der Waals surface area contributed by atoms with Gasteiger partial charge in [-0.25, -0.2) is 12.7 Å². The fourth-order valence-corrected chi connectivity index (χ4v) is 3.21. The number of hydrogen-bond acceptors (Lipinski definition) is 3. The van der Waals surface area contributed by atoms with Gasteiger partial charge in [0.1, 0.15) is 0 Å². The molecule has 0 heterocycles.